The maximum atomic E-state index is 4.07. The first-order valence-corrected chi connectivity index (χ1v) is 7.30. The molecule has 0 N–H and O–H groups in total. The second kappa shape index (κ2) is 5.52. The van der Waals surface area contributed by atoms with E-state index in [0.29, 0.717) is 3.55 Å². The van der Waals surface area contributed by atoms with E-state index in [4.69, 9.17) is 0 Å². The Labute approximate surface area is 117 Å². The number of nitrogens with zero attached hydrogens (tertiary/aromatic N) is 3. The van der Waals surface area contributed by atoms with Gasteiger partial charge in [-0.1, -0.05) is 29.5 Å². The second-order valence-corrected chi connectivity index (χ2v) is 7.00. The third kappa shape index (κ3) is 3.10. The van der Waals surface area contributed by atoms with E-state index in [0.717, 1.165) is 26.2 Å². The van der Waals surface area contributed by atoms with Crippen LogP contribution in [0.1, 0.15) is 20.3 Å². The Balaban J connectivity index is 1.95. The van der Waals surface area contributed by atoms with Gasteiger partial charge in [-0.25, -0.2) is 0 Å². The van der Waals surface area contributed by atoms with Crippen molar-refractivity contribution in [1.29, 1.82) is 0 Å². The maximum Gasteiger partial charge on any atom is 0.0700 e. The number of rotatable bonds is 3. The van der Waals surface area contributed by atoms with Crippen LogP contribution in [0, 0.1) is 0 Å². The number of anilines is 1. The molecule has 1 aliphatic rings. The van der Waals surface area contributed by atoms with Gasteiger partial charge in [-0.05, 0) is 25.5 Å². The molecule has 0 saturated carbocycles. The number of alkyl halides is 1. The van der Waals surface area contributed by atoms with Crippen molar-refractivity contribution in [3.8, 4) is 0 Å². The van der Waals surface area contributed by atoms with Gasteiger partial charge in [-0.3, -0.25) is 9.88 Å². The van der Waals surface area contributed by atoms with E-state index < -0.39 is 0 Å². The molecule has 94 valence electrons. The lowest BCUT2D eigenvalue weighted by Crippen LogP contribution is -2.53. The third-order valence-corrected chi connectivity index (χ3v) is 5.06. The molecule has 1 unspecified atom stereocenters. The van der Waals surface area contributed by atoms with Crippen molar-refractivity contribution >= 4 is 28.3 Å². The first kappa shape index (κ1) is 13.1. The highest BCUT2D eigenvalue weighted by atomic mass is 127. The van der Waals surface area contributed by atoms with Crippen molar-refractivity contribution in [2.24, 2.45) is 0 Å². The molecule has 2 heterocycles. The largest absolute Gasteiger partial charge is 0.369 e. The smallest absolute Gasteiger partial charge is 0.0700 e. The molecular formula is C13H20IN3. The molecule has 0 aromatic carbocycles. The molecule has 17 heavy (non-hydrogen) atoms. The lowest BCUT2D eigenvalue weighted by Gasteiger charge is -2.43. The maximum absolute atomic E-state index is 4.07. The van der Waals surface area contributed by atoms with Crippen LogP contribution in [-0.4, -0.2) is 39.6 Å². The molecular weight excluding hydrogens is 325 g/mol. The zero-order valence-corrected chi connectivity index (χ0v) is 12.7. The highest BCUT2D eigenvalue weighted by molar-refractivity contribution is 14.1. The van der Waals surface area contributed by atoms with E-state index in [1.165, 1.54) is 12.1 Å². The van der Waals surface area contributed by atoms with Crippen molar-refractivity contribution < 1.29 is 0 Å². The summed E-state index contributed by atoms with van der Waals surface area (Å²) >= 11 is 2.58. The van der Waals surface area contributed by atoms with Gasteiger partial charge >= 0.3 is 0 Å². The standard InChI is InChI=1S/C13H20IN3/c1-3-13(2,14)17-10-8-16(9-11-17)12-4-6-15-7-5-12/h4-7H,3,8-11H2,1-2H3. The minimum absolute atomic E-state index is 0.308. The van der Waals surface area contributed by atoms with Gasteiger partial charge in [0.1, 0.15) is 0 Å². The predicted octanol–water partition coefficient (Wildman–Crippen LogP) is 2.76. The molecule has 1 atom stereocenters. The first-order valence-electron chi connectivity index (χ1n) is 6.22. The predicted molar refractivity (Wildman–Crippen MR) is 80.7 cm³/mol. The molecule has 0 aliphatic carbocycles. The Bertz CT molecular complexity index is 345. The van der Waals surface area contributed by atoms with Crippen molar-refractivity contribution in [3.05, 3.63) is 24.5 Å². The monoisotopic (exact) mass is 345 g/mol. The van der Waals surface area contributed by atoms with Crippen LogP contribution in [-0.2, 0) is 0 Å². The van der Waals surface area contributed by atoms with Crippen molar-refractivity contribution in [2.75, 3.05) is 31.1 Å². The Kier molecular flexibility index (Phi) is 4.25. The van der Waals surface area contributed by atoms with Crippen LogP contribution in [0.4, 0.5) is 5.69 Å². The topological polar surface area (TPSA) is 19.4 Å². The summed E-state index contributed by atoms with van der Waals surface area (Å²) in [6, 6.07) is 4.19. The van der Waals surface area contributed by atoms with E-state index in [-0.39, 0.29) is 0 Å². The van der Waals surface area contributed by atoms with Crippen molar-refractivity contribution in [2.45, 2.75) is 23.8 Å². The van der Waals surface area contributed by atoms with Gasteiger partial charge < -0.3 is 4.90 Å². The van der Waals surface area contributed by atoms with Gasteiger partial charge in [-0.15, -0.1) is 0 Å². The fourth-order valence-corrected chi connectivity index (χ4v) is 2.69. The SMILES string of the molecule is CCC(C)(I)N1CCN(c2ccncc2)CC1. The average molecular weight is 345 g/mol. The molecule has 3 nitrogen and oxygen atoms in total. The van der Waals surface area contributed by atoms with E-state index in [1.54, 1.807) is 0 Å². The second-order valence-electron chi connectivity index (χ2n) is 4.68. The van der Waals surface area contributed by atoms with Crippen LogP contribution in [0.5, 0.6) is 0 Å². The molecule has 1 aromatic heterocycles. The highest BCUT2D eigenvalue weighted by Gasteiger charge is 2.29. The van der Waals surface area contributed by atoms with E-state index in [2.05, 4.69) is 63.4 Å². The van der Waals surface area contributed by atoms with Crippen LogP contribution in [0.2, 0.25) is 0 Å². The summed E-state index contributed by atoms with van der Waals surface area (Å²) in [5.74, 6) is 0. The minimum atomic E-state index is 0.308. The van der Waals surface area contributed by atoms with Crippen LogP contribution in [0.3, 0.4) is 0 Å². The van der Waals surface area contributed by atoms with Gasteiger partial charge in [0.05, 0.1) is 3.55 Å². The van der Waals surface area contributed by atoms with Crippen molar-refractivity contribution in [3.63, 3.8) is 0 Å². The Morgan fingerprint density at radius 2 is 1.82 bits per heavy atom. The van der Waals surface area contributed by atoms with E-state index >= 15 is 0 Å². The summed E-state index contributed by atoms with van der Waals surface area (Å²) in [7, 11) is 0. The van der Waals surface area contributed by atoms with Crippen LogP contribution >= 0.6 is 22.6 Å². The summed E-state index contributed by atoms with van der Waals surface area (Å²) in [6.45, 7) is 9.12. The quantitative estimate of drug-likeness (QED) is 0.477. The molecule has 0 amide bonds. The minimum Gasteiger partial charge on any atom is -0.369 e. The zero-order valence-electron chi connectivity index (χ0n) is 10.6. The highest BCUT2D eigenvalue weighted by Crippen LogP contribution is 2.29. The first-order chi connectivity index (χ1) is 8.13. The summed E-state index contributed by atoms with van der Waals surface area (Å²) in [5, 5.41) is 0. The number of piperazine rings is 1. The van der Waals surface area contributed by atoms with Crippen LogP contribution in [0.25, 0.3) is 0 Å². The van der Waals surface area contributed by atoms with Gasteiger partial charge in [-0.2, -0.15) is 0 Å². The molecule has 0 spiro atoms. The normalized spacial score (nSPS) is 21.2. The molecule has 1 aliphatic heterocycles. The number of halogens is 1. The summed E-state index contributed by atoms with van der Waals surface area (Å²) in [4.78, 5) is 9.10. The lowest BCUT2D eigenvalue weighted by molar-refractivity contribution is 0.180. The molecule has 0 radical (unpaired) electrons. The summed E-state index contributed by atoms with van der Waals surface area (Å²) < 4.78 is 0.308. The third-order valence-electron chi connectivity index (χ3n) is 3.61. The summed E-state index contributed by atoms with van der Waals surface area (Å²) in [5.41, 5.74) is 1.30. The Hall–Kier alpha value is -0.360. The van der Waals surface area contributed by atoms with E-state index in [9.17, 15) is 0 Å². The Morgan fingerprint density at radius 1 is 1.24 bits per heavy atom. The number of pyridine rings is 1. The van der Waals surface area contributed by atoms with Crippen LogP contribution in [0.15, 0.2) is 24.5 Å². The number of hydrogen-bond acceptors (Lipinski definition) is 3. The van der Waals surface area contributed by atoms with Gasteiger partial charge in [0.25, 0.3) is 0 Å². The van der Waals surface area contributed by atoms with Crippen molar-refractivity contribution in [1.82, 2.24) is 9.88 Å². The fourth-order valence-electron chi connectivity index (χ4n) is 2.21. The molecule has 1 aromatic rings. The van der Waals surface area contributed by atoms with Crippen LogP contribution < -0.4 is 4.90 Å². The summed E-state index contributed by atoms with van der Waals surface area (Å²) in [6.07, 6.45) is 4.94. The van der Waals surface area contributed by atoms with Gasteiger partial charge in [0.15, 0.2) is 0 Å². The molecule has 2 rings (SSSR count). The molecule has 4 heteroatoms. The fraction of sp³-hybridized carbons (Fsp3) is 0.615. The van der Waals surface area contributed by atoms with Gasteiger partial charge in [0, 0.05) is 44.3 Å². The molecule has 1 fully saturated rings. The van der Waals surface area contributed by atoms with E-state index in [1.807, 2.05) is 12.4 Å². The van der Waals surface area contributed by atoms with Gasteiger partial charge in [0.2, 0.25) is 0 Å². The lowest BCUT2D eigenvalue weighted by atomic mass is 10.2. The molecule has 0 bridgehead atoms. The molecule has 1 saturated heterocycles. The Morgan fingerprint density at radius 3 is 2.35 bits per heavy atom. The number of hydrogen-bond donors (Lipinski definition) is 0. The zero-order chi connectivity index (χ0) is 12.3. The number of aromatic nitrogens is 1. The average Bonchev–Trinajstić information content (AvgIpc) is 2.40.